The highest BCUT2D eigenvalue weighted by Crippen LogP contribution is 2.28. The number of nitrogens with zero attached hydrogens (tertiary/aromatic N) is 2. The molecule has 0 radical (unpaired) electrons. The van der Waals surface area contributed by atoms with Crippen LogP contribution in [0.25, 0.3) is 10.9 Å². The van der Waals surface area contributed by atoms with Crippen LogP contribution in [0.5, 0.6) is 0 Å². The number of carbonyl (C=O) groups excluding carboxylic acids is 1. The molecule has 11 heteroatoms. The summed E-state index contributed by atoms with van der Waals surface area (Å²) in [4.78, 5) is 42.5. The van der Waals surface area contributed by atoms with Crippen LogP contribution >= 0.6 is 0 Å². The second kappa shape index (κ2) is 9.81. The number of hydrogen-bond acceptors (Lipinski definition) is 8. The van der Waals surface area contributed by atoms with Crippen LogP contribution in [-0.2, 0) is 16.1 Å². The van der Waals surface area contributed by atoms with Crippen molar-refractivity contribution in [3.63, 3.8) is 0 Å². The molecule has 1 aromatic heterocycles. The Kier molecular flexibility index (Phi) is 6.91. The van der Waals surface area contributed by atoms with Crippen LogP contribution in [0.4, 0.5) is 17.5 Å². The predicted molar refractivity (Wildman–Crippen MR) is 123 cm³/mol. The van der Waals surface area contributed by atoms with Gasteiger partial charge in [-0.3, -0.25) is 9.59 Å². The number of benzene rings is 2. The summed E-state index contributed by atoms with van der Waals surface area (Å²) in [7, 11) is 0. The molecule has 1 heterocycles. The minimum Gasteiger partial charge on any atom is -0.481 e. The van der Waals surface area contributed by atoms with Crippen molar-refractivity contribution in [2.45, 2.75) is 32.4 Å². The van der Waals surface area contributed by atoms with Gasteiger partial charge < -0.3 is 32.3 Å². The number of nitrogen functional groups attached to an aromatic ring is 2. The molecule has 3 rings (SSSR count). The van der Waals surface area contributed by atoms with Crippen LogP contribution in [0.1, 0.15) is 34.3 Å². The van der Waals surface area contributed by atoms with Gasteiger partial charge in [0.25, 0.3) is 5.91 Å². The number of aromatic nitrogens is 2. The summed E-state index contributed by atoms with van der Waals surface area (Å²) in [6.45, 7) is 2.36. The highest BCUT2D eigenvalue weighted by atomic mass is 16.4. The molecule has 0 bridgehead atoms. The average Bonchev–Trinajstić information content (AvgIpc) is 2.75. The average molecular weight is 452 g/mol. The molecule has 0 saturated carbocycles. The summed E-state index contributed by atoms with van der Waals surface area (Å²) >= 11 is 0. The standard InChI is InChI=1S/C22H24N6O5/c1-11-14(6-7-15-18(11)19(23)28-22(24)27-15)25-10-12-2-4-13(5-3-12)20(31)26-16(21(32)33)8-9-17(29)30/h2-7,16,25H,8-10H2,1H3,(H,26,31)(H,29,30)(H,32,33)(H4,23,24,27,28)/t16-/m0/s1. The molecule has 33 heavy (non-hydrogen) atoms. The topological polar surface area (TPSA) is 194 Å². The van der Waals surface area contributed by atoms with Gasteiger partial charge in [-0.05, 0) is 48.7 Å². The molecule has 0 aliphatic rings. The van der Waals surface area contributed by atoms with E-state index in [9.17, 15) is 19.5 Å². The van der Waals surface area contributed by atoms with Crippen molar-refractivity contribution in [3.05, 3.63) is 53.1 Å². The van der Waals surface area contributed by atoms with E-state index in [-0.39, 0.29) is 24.4 Å². The Labute approximate surface area is 188 Å². The molecular weight excluding hydrogens is 428 g/mol. The lowest BCUT2D eigenvalue weighted by Gasteiger charge is -2.14. The predicted octanol–water partition coefficient (Wildman–Crippen LogP) is 1.76. The molecule has 0 saturated heterocycles. The van der Waals surface area contributed by atoms with Gasteiger partial charge in [-0.1, -0.05) is 12.1 Å². The van der Waals surface area contributed by atoms with E-state index in [0.717, 1.165) is 22.2 Å². The third-order valence-electron chi connectivity index (χ3n) is 5.12. The number of rotatable bonds is 9. The first kappa shape index (κ1) is 23.3. The van der Waals surface area contributed by atoms with E-state index in [1.54, 1.807) is 30.3 Å². The minimum absolute atomic E-state index is 0.112. The molecule has 1 atom stereocenters. The maximum absolute atomic E-state index is 12.3. The van der Waals surface area contributed by atoms with E-state index in [0.29, 0.717) is 17.9 Å². The van der Waals surface area contributed by atoms with Gasteiger partial charge in [0.15, 0.2) is 0 Å². The zero-order valence-corrected chi connectivity index (χ0v) is 17.8. The summed E-state index contributed by atoms with van der Waals surface area (Å²) < 4.78 is 0. The molecule has 2 aromatic carbocycles. The maximum atomic E-state index is 12.3. The van der Waals surface area contributed by atoms with Crippen molar-refractivity contribution in [2.75, 3.05) is 16.8 Å². The SMILES string of the molecule is Cc1c(NCc2ccc(C(=O)N[C@@H](CCC(=O)O)C(=O)O)cc2)ccc2nc(N)nc(N)c12. The Morgan fingerprint density at radius 1 is 1.03 bits per heavy atom. The number of carboxylic acids is 2. The summed E-state index contributed by atoms with van der Waals surface area (Å²) in [5.41, 5.74) is 15.2. The Hall–Kier alpha value is -4.41. The first-order valence-corrected chi connectivity index (χ1v) is 10.1. The first-order valence-electron chi connectivity index (χ1n) is 10.1. The van der Waals surface area contributed by atoms with Gasteiger partial charge in [0.1, 0.15) is 11.9 Å². The number of nitrogens with two attached hydrogens (primary N) is 2. The third-order valence-corrected chi connectivity index (χ3v) is 5.12. The first-order chi connectivity index (χ1) is 15.7. The van der Waals surface area contributed by atoms with E-state index >= 15 is 0 Å². The van der Waals surface area contributed by atoms with Crippen molar-refractivity contribution >= 4 is 46.2 Å². The zero-order chi connectivity index (χ0) is 24.1. The van der Waals surface area contributed by atoms with Gasteiger partial charge in [-0.25, -0.2) is 9.78 Å². The molecular formula is C22H24N6O5. The number of carboxylic acid groups (broad SMARTS) is 2. The van der Waals surface area contributed by atoms with Gasteiger partial charge in [0, 0.05) is 29.6 Å². The number of hydrogen-bond donors (Lipinski definition) is 6. The van der Waals surface area contributed by atoms with E-state index < -0.39 is 23.9 Å². The third kappa shape index (κ3) is 5.64. The van der Waals surface area contributed by atoms with Gasteiger partial charge in [0.05, 0.1) is 5.52 Å². The largest absolute Gasteiger partial charge is 0.481 e. The number of aliphatic carboxylic acids is 2. The fraction of sp³-hybridized carbons (Fsp3) is 0.227. The molecule has 0 fully saturated rings. The zero-order valence-electron chi connectivity index (χ0n) is 17.8. The van der Waals surface area contributed by atoms with Gasteiger partial charge in [-0.15, -0.1) is 0 Å². The Morgan fingerprint density at radius 2 is 1.73 bits per heavy atom. The van der Waals surface area contributed by atoms with Crippen molar-refractivity contribution in [3.8, 4) is 0 Å². The van der Waals surface area contributed by atoms with E-state index in [2.05, 4.69) is 20.6 Å². The molecule has 0 aliphatic heterocycles. The van der Waals surface area contributed by atoms with Gasteiger partial charge in [0.2, 0.25) is 5.95 Å². The number of amides is 1. The molecule has 8 N–H and O–H groups in total. The maximum Gasteiger partial charge on any atom is 0.326 e. The van der Waals surface area contributed by atoms with Crippen LogP contribution in [-0.4, -0.2) is 44.1 Å². The van der Waals surface area contributed by atoms with Crippen LogP contribution in [0.3, 0.4) is 0 Å². The van der Waals surface area contributed by atoms with Crippen LogP contribution in [0.15, 0.2) is 36.4 Å². The number of aryl methyl sites for hydroxylation is 1. The van der Waals surface area contributed by atoms with Crippen LogP contribution in [0.2, 0.25) is 0 Å². The highest BCUT2D eigenvalue weighted by Gasteiger charge is 2.21. The second-order valence-corrected chi connectivity index (χ2v) is 7.45. The fourth-order valence-electron chi connectivity index (χ4n) is 3.37. The van der Waals surface area contributed by atoms with Crippen LogP contribution < -0.4 is 22.1 Å². The van der Waals surface area contributed by atoms with Crippen molar-refractivity contribution in [1.82, 2.24) is 15.3 Å². The van der Waals surface area contributed by atoms with Crippen molar-refractivity contribution < 1.29 is 24.6 Å². The van der Waals surface area contributed by atoms with Crippen molar-refractivity contribution in [1.29, 1.82) is 0 Å². The Bertz CT molecular complexity index is 1210. The summed E-state index contributed by atoms with van der Waals surface area (Å²) in [6, 6.07) is 9.02. The molecule has 3 aromatic rings. The van der Waals surface area contributed by atoms with Gasteiger partial charge in [-0.2, -0.15) is 4.98 Å². The van der Waals surface area contributed by atoms with E-state index in [4.69, 9.17) is 16.6 Å². The number of carbonyl (C=O) groups is 3. The molecule has 0 unspecified atom stereocenters. The van der Waals surface area contributed by atoms with E-state index in [1.807, 2.05) is 13.0 Å². The highest BCUT2D eigenvalue weighted by molar-refractivity contribution is 5.97. The molecule has 11 nitrogen and oxygen atoms in total. The Morgan fingerprint density at radius 3 is 2.36 bits per heavy atom. The number of fused-ring (bicyclic) bond motifs is 1. The number of anilines is 3. The fourth-order valence-corrected chi connectivity index (χ4v) is 3.37. The minimum atomic E-state index is -1.29. The lowest BCUT2D eigenvalue weighted by molar-refractivity contribution is -0.140. The van der Waals surface area contributed by atoms with Crippen LogP contribution in [0, 0.1) is 6.92 Å². The molecule has 172 valence electrons. The Balaban J connectivity index is 1.66. The summed E-state index contributed by atoms with van der Waals surface area (Å²) in [5.74, 6) is -2.59. The second-order valence-electron chi connectivity index (χ2n) is 7.45. The summed E-state index contributed by atoms with van der Waals surface area (Å²) in [5, 5.41) is 24.3. The number of nitrogens with one attached hydrogen (secondary N) is 2. The summed E-state index contributed by atoms with van der Waals surface area (Å²) in [6.07, 6.45) is -0.563. The smallest absolute Gasteiger partial charge is 0.326 e. The van der Waals surface area contributed by atoms with Gasteiger partial charge >= 0.3 is 11.9 Å². The molecule has 0 spiro atoms. The molecule has 0 aliphatic carbocycles. The lowest BCUT2D eigenvalue weighted by atomic mass is 10.1. The normalized spacial score (nSPS) is 11.7. The molecule has 1 amide bonds. The lowest BCUT2D eigenvalue weighted by Crippen LogP contribution is -2.41. The van der Waals surface area contributed by atoms with E-state index in [1.165, 1.54) is 0 Å². The quantitative estimate of drug-likeness (QED) is 0.278. The van der Waals surface area contributed by atoms with Crippen molar-refractivity contribution in [2.24, 2.45) is 0 Å². The monoisotopic (exact) mass is 452 g/mol.